The van der Waals surface area contributed by atoms with Crippen molar-refractivity contribution in [2.24, 2.45) is 0 Å². The molecule has 2 unspecified atom stereocenters. The van der Waals surface area contributed by atoms with Crippen LogP contribution < -0.4 is 16.8 Å². The van der Waals surface area contributed by atoms with Crippen molar-refractivity contribution < 1.29 is 9.59 Å². The zero-order chi connectivity index (χ0) is 37.6. The van der Waals surface area contributed by atoms with Gasteiger partial charge in [0, 0.05) is 30.8 Å². The zero-order valence-electron chi connectivity index (χ0n) is 28.4. The first kappa shape index (κ1) is 37.4. The van der Waals surface area contributed by atoms with E-state index in [1.165, 1.54) is 6.08 Å². The number of carbonyl (C=O) groups excluding carboxylic acids is 2. The Balaban J connectivity index is 0.000000163. The highest BCUT2D eigenvalue weighted by Crippen LogP contribution is 2.36. The molecule has 6 aromatic rings. The lowest BCUT2D eigenvalue weighted by molar-refractivity contribution is -0.125. The molecule has 1 amide bonds. The average Bonchev–Trinajstić information content (AvgIpc) is 3.98. The van der Waals surface area contributed by atoms with Crippen LogP contribution >= 0.6 is 34.8 Å². The van der Waals surface area contributed by atoms with Crippen molar-refractivity contribution in [3.05, 3.63) is 96.3 Å². The first-order valence-corrected chi connectivity index (χ1v) is 17.7. The van der Waals surface area contributed by atoms with Crippen LogP contribution in [0, 0.1) is 0 Å². The molecular weight excluding hydrogens is 739 g/mol. The average molecular weight is 774 g/mol. The lowest BCUT2D eigenvalue weighted by Crippen LogP contribution is -2.27. The number of benzene rings is 2. The largest absolute Gasteiger partial charge is 0.368 e. The molecule has 2 aromatic carbocycles. The van der Waals surface area contributed by atoms with Crippen LogP contribution in [0.25, 0.3) is 45.1 Å². The molecule has 2 saturated heterocycles. The fourth-order valence-electron chi connectivity index (χ4n) is 6.31. The molecule has 2 atom stereocenters. The first-order valence-electron chi connectivity index (χ1n) is 16.5. The molecule has 0 bridgehead atoms. The second-order valence-corrected chi connectivity index (χ2v) is 13.2. The molecular formula is C36H35Cl3N12O2. The van der Waals surface area contributed by atoms with Gasteiger partial charge in [-0.25, -0.2) is 19.9 Å². The number of likely N-dealkylation sites (tertiary alicyclic amines) is 1. The number of nitrogen functional groups attached to an aromatic ring is 2. The molecule has 53 heavy (non-hydrogen) atoms. The molecule has 6 heterocycles. The summed E-state index contributed by atoms with van der Waals surface area (Å²) in [5.41, 5.74) is 16.0. The van der Waals surface area contributed by atoms with E-state index in [0.29, 0.717) is 40.1 Å². The molecule has 2 aliphatic rings. The number of halogens is 3. The van der Waals surface area contributed by atoms with Gasteiger partial charge in [0.1, 0.15) is 22.7 Å². The smallest absolute Gasteiger partial charge is 0.246 e. The van der Waals surface area contributed by atoms with Gasteiger partial charge in [-0.2, -0.15) is 9.97 Å². The minimum atomic E-state index is -0.509. The summed E-state index contributed by atoms with van der Waals surface area (Å²) in [5, 5.41) is 4.14. The molecule has 0 aliphatic carbocycles. The molecule has 17 heteroatoms. The van der Waals surface area contributed by atoms with Crippen LogP contribution in [0.5, 0.6) is 0 Å². The topological polar surface area (TPSA) is 189 Å². The Morgan fingerprint density at radius 1 is 0.774 bits per heavy atom. The number of hydrogen-bond donors (Lipinski definition) is 3. The van der Waals surface area contributed by atoms with Crippen LogP contribution in [0.3, 0.4) is 0 Å². The molecule has 2 fully saturated rings. The van der Waals surface area contributed by atoms with Crippen molar-refractivity contribution in [3.8, 4) is 22.8 Å². The predicted octanol–water partition coefficient (Wildman–Crippen LogP) is 5.89. The summed E-state index contributed by atoms with van der Waals surface area (Å²) in [6.45, 7) is 9.71. The molecule has 14 nitrogen and oxygen atoms in total. The third-order valence-corrected chi connectivity index (χ3v) is 9.52. The van der Waals surface area contributed by atoms with Gasteiger partial charge in [0.2, 0.25) is 23.0 Å². The third-order valence-electron chi connectivity index (χ3n) is 8.71. The van der Waals surface area contributed by atoms with Crippen molar-refractivity contribution in [1.82, 2.24) is 49.3 Å². The maximum atomic E-state index is 12.0. The lowest BCUT2D eigenvalue weighted by Gasteiger charge is -2.18. The van der Waals surface area contributed by atoms with Crippen LogP contribution in [-0.4, -0.2) is 81.3 Å². The number of nitrogens with zero attached hydrogens (tertiary/aromatic N) is 9. The van der Waals surface area contributed by atoms with E-state index in [4.69, 9.17) is 56.2 Å². The van der Waals surface area contributed by atoms with E-state index >= 15 is 0 Å². The maximum absolute atomic E-state index is 12.0. The van der Waals surface area contributed by atoms with Gasteiger partial charge in [0.25, 0.3) is 0 Å². The van der Waals surface area contributed by atoms with E-state index in [2.05, 4.69) is 43.0 Å². The molecule has 0 saturated carbocycles. The Morgan fingerprint density at radius 2 is 1.28 bits per heavy atom. The third kappa shape index (κ3) is 8.15. The predicted molar refractivity (Wildman–Crippen MR) is 208 cm³/mol. The number of aromatic nitrogens is 8. The number of rotatable bonds is 6. The van der Waals surface area contributed by atoms with E-state index in [1.54, 1.807) is 17.3 Å². The minimum Gasteiger partial charge on any atom is -0.368 e. The highest BCUT2D eigenvalue weighted by atomic mass is 35.5. The van der Waals surface area contributed by atoms with Crippen molar-refractivity contribution in [2.75, 3.05) is 37.6 Å². The Kier molecular flexibility index (Phi) is 11.6. The van der Waals surface area contributed by atoms with Crippen LogP contribution in [0.2, 0.25) is 10.0 Å². The summed E-state index contributed by atoms with van der Waals surface area (Å²) >= 11 is 17.5. The molecule has 8 rings (SSSR count). The highest BCUT2D eigenvalue weighted by molar-refractivity contribution is 6.66. The van der Waals surface area contributed by atoms with Gasteiger partial charge in [-0.15, -0.1) is 0 Å². The van der Waals surface area contributed by atoms with Gasteiger partial charge in [0.15, 0.2) is 11.3 Å². The summed E-state index contributed by atoms with van der Waals surface area (Å²) in [5.74, 6) is 1.87. The number of allylic oxidation sites excluding steroid dienone is 1. The summed E-state index contributed by atoms with van der Waals surface area (Å²) in [7, 11) is 0. The molecule has 4 aromatic heterocycles. The minimum absolute atomic E-state index is 0.0180. The second-order valence-electron chi connectivity index (χ2n) is 12.0. The number of fused-ring (bicyclic) bond motifs is 2. The number of nitrogens with one attached hydrogen (secondary N) is 1. The molecule has 272 valence electrons. The molecule has 2 aliphatic heterocycles. The van der Waals surface area contributed by atoms with E-state index in [-0.39, 0.29) is 29.9 Å². The molecule has 0 spiro atoms. The number of hydrogen-bond acceptors (Lipinski definition) is 11. The summed E-state index contributed by atoms with van der Waals surface area (Å²) < 4.78 is 4.15. The monoisotopic (exact) mass is 772 g/mol. The Hall–Kier alpha value is -5.41. The molecule has 5 N–H and O–H groups in total. The maximum Gasteiger partial charge on any atom is 0.246 e. The number of imidazole rings is 2. The number of anilines is 2. The summed E-state index contributed by atoms with van der Waals surface area (Å²) in [4.78, 5) is 49.5. The van der Waals surface area contributed by atoms with Gasteiger partial charge in [-0.1, -0.05) is 60.6 Å². The van der Waals surface area contributed by atoms with E-state index in [9.17, 15) is 9.59 Å². The van der Waals surface area contributed by atoms with Crippen molar-refractivity contribution >= 4 is 80.2 Å². The lowest BCUT2D eigenvalue weighted by atomic mass is 10.2. The second kappa shape index (κ2) is 16.5. The number of amides is 1. The first-order chi connectivity index (χ1) is 25.6. The summed E-state index contributed by atoms with van der Waals surface area (Å²) in [6.07, 6.45) is 7.46. The van der Waals surface area contributed by atoms with E-state index in [1.807, 2.05) is 53.1 Å². The van der Waals surface area contributed by atoms with Crippen LogP contribution in [0.1, 0.15) is 24.9 Å². The van der Waals surface area contributed by atoms with E-state index < -0.39 is 5.24 Å². The fraction of sp³-hybridized carbons (Fsp3) is 0.222. The van der Waals surface area contributed by atoms with Gasteiger partial charge in [-0.3, -0.25) is 9.59 Å². The van der Waals surface area contributed by atoms with Crippen LogP contribution in [0.15, 0.2) is 86.2 Å². The Labute approximate surface area is 319 Å². The van der Waals surface area contributed by atoms with E-state index in [0.717, 1.165) is 60.1 Å². The van der Waals surface area contributed by atoms with Gasteiger partial charge < -0.3 is 30.8 Å². The fourth-order valence-corrected chi connectivity index (χ4v) is 6.75. The number of carbonyl (C=O) groups is 2. The Morgan fingerprint density at radius 3 is 1.74 bits per heavy atom. The van der Waals surface area contributed by atoms with Gasteiger partial charge in [-0.05, 0) is 67.4 Å². The van der Waals surface area contributed by atoms with Gasteiger partial charge >= 0.3 is 0 Å². The van der Waals surface area contributed by atoms with Crippen LogP contribution in [0.4, 0.5) is 11.9 Å². The zero-order valence-corrected chi connectivity index (χ0v) is 30.6. The van der Waals surface area contributed by atoms with Crippen molar-refractivity contribution in [2.45, 2.75) is 24.9 Å². The van der Waals surface area contributed by atoms with Crippen LogP contribution in [-0.2, 0) is 9.59 Å². The van der Waals surface area contributed by atoms with Gasteiger partial charge in [0.05, 0.1) is 34.5 Å². The highest BCUT2D eigenvalue weighted by Gasteiger charge is 2.31. The molecule has 0 radical (unpaired) electrons. The SMILES string of the molecule is C=CC(=O)Cl.C=CC(=O)N1CCC(n2c(-c3ccccc3Cl)nc3cnc(N)nc32)C1.Nc1ncc2nc(-c3ccccc3Cl)n(C3CCNC3)c2n1. The van der Waals surface area contributed by atoms with Crippen molar-refractivity contribution in [1.29, 1.82) is 0 Å². The normalized spacial score (nSPS) is 16.5. The number of nitrogens with two attached hydrogens (primary N) is 2. The van der Waals surface area contributed by atoms with Crippen molar-refractivity contribution in [3.63, 3.8) is 0 Å². The quantitative estimate of drug-likeness (QED) is 0.135. The standard InChI is InChI=1S/C18H17ClN6O.C15H15ClN6.C3H3ClO/c1-2-15(26)24-8-7-11(10-24)25-16(12-5-3-4-6-13(12)19)22-14-9-21-18(20)23-17(14)25;16-11-4-2-1-3-10(11)13-20-12-8-19-15(17)21-14(12)22(13)9-5-6-18-7-9;1-2-3(4)5/h2-6,9,11H,1,7-8,10H2,(H2,20,21,23);1-4,8-9,18H,5-7H2,(H2,17,19,21);2H,1H2. The summed E-state index contributed by atoms with van der Waals surface area (Å²) in [6, 6.07) is 15.5. The Bertz CT molecular complexity index is 2320.